The Morgan fingerprint density at radius 3 is 2.14 bits per heavy atom. The molecule has 0 aliphatic heterocycles. The SMILES string of the molecule is CC(C(=O)Nc1ccc(N)cc1)S(=O)(=O)CCS(C)(=O)=O. The summed E-state index contributed by atoms with van der Waals surface area (Å²) in [7, 11) is -7.24. The average Bonchev–Trinajstić information content (AvgIpc) is 2.37. The molecule has 0 aliphatic rings. The van der Waals surface area contributed by atoms with E-state index in [0.29, 0.717) is 11.4 Å². The first-order chi connectivity index (χ1) is 9.51. The Morgan fingerprint density at radius 1 is 1.14 bits per heavy atom. The molecule has 0 aromatic heterocycles. The zero-order chi connectivity index (χ0) is 16.3. The van der Waals surface area contributed by atoms with Gasteiger partial charge in [0.1, 0.15) is 15.1 Å². The number of rotatable bonds is 6. The maximum absolute atomic E-state index is 11.9. The summed E-state index contributed by atoms with van der Waals surface area (Å²) in [6.07, 6.45) is 0.946. The van der Waals surface area contributed by atoms with Crippen LogP contribution in [0, 0.1) is 0 Å². The Hall–Kier alpha value is -1.61. The number of nitrogen functional groups attached to an aromatic ring is 1. The van der Waals surface area contributed by atoms with Crippen molar-refractivity contribution < 1.29 is 21.6 Å². The van der Waals surface area contributed by atoms with Gasteiger partial charge in [0, 0.05) is 17.6 Å². The van der Waals surface area contributed by atoms with E-state index in [1.807, 2.05) is 0 Å². The van der Waals surface area contributed by atoms with Crippen LogP contribution in [0.2, 0.25) is 0 Å². The van der Waals surface area contributed by atoms with Crippen LogP contribution >= 0.6 is 0 Å². The Kier molecular flexibility index (Phi) is 5.35. The maximum atomic E-state index is 11.9. The largest absolute Gasteiger partial charge is 0.399 e. The third kappa shape index (κ3) is 5.72. The van der Waals surface area contributed by atoms with E-state index in [1.54, 1.807) is 24.3 Å². The molecule has 0 saturated carbocycles. The lowest BCUT2D eigenvalue weighted by Crippen LogP contribution is -2.35. The monoisotopic (exact) mass is 334 g/mol. The molecule has 0 fully saturated rings. The highest BCUT2D eigenvalue weighted by Gasteiger charge is 2.28. The number of hydrogen-bond donors (Lipinski definition) is 2. The molecule has 0 aliphatic carbocycles. The quantitative estimate of drug-likeness (QED) is 0.709. The molecule has 118 valence electrons. The van der Waals surface area contributed by atoms with Crippen LogP contribution in [0.15, 0.2) is 24.3 Å². The number of anilines is 2. The zero-order valence-electron chi connectivity index (χ0n) is 11.7. The first-order valence-electron chi connectivity index (χ1n) is 6.07. The molecule has 3 N–H and O–H groups in total. The average molecular weight is 334 g/mol. The summed E-state index contributed by atoms with van der Waals surface area (Å²) >= 11 is 0. The fourth-order valence-electron chi connectivity index (χ4n) is 1.42. The molecule has 0 spiro atoms. The summed E-state index contributed by atoms with van der Waals surface area (Å²) in [5.74, 6) is -1.80. The van der Waals surface area contributed by atoms with Crippen LogP contribution < -0.4 is 11.1 Å². The van der Waals surface area contributed by atoms with Crippen molar-refractivity contribution in [2.45, 2.75) is 12.2 Å². The van der Waals surface area contributed by atoms with E-state index in [9.17, 15) is 21.6 Å². The molecule has 1 atom stereocenters. The molecule has 1 aromatic rings. The smallest absolute Gasteiger partial charge is 0.242 e. The minimum absolute atomic E-state index is 0.416. The van der Waals surface area contributed by atoms with Crippen LogP contribution in [0.1, 0.15) is 6.92 Å². The number of hydrogen-bond acceptors (Lipinski definition) is 6. The van der Waals surface area contributed by atoms with Gasteiger partial charge in [-0.25, -0.2) is 16.8 Å². The first-order valence-corrected chi connectivity index (χ1v) is 9.84. The molecule has 1 amide bonds. The van der Waals surface area contributed by atoms with E-state index >= 15 is 0 Å². The molecule has 9 heteroatoms. The molecule has 0 bridgehead atoms. The van der Waals surface area contributed by atoms with Crippen LogP contribution in [-0.4, -0.2) is 45.8 Å². The van der Waals surface area contributed by atoms with E-state index in [-0.39, 0.29) is 0 Å². The normalized spacial score (nSPS) is 13.6. The van der Waals surface area contributed by atoms with Crippen molar-refractivity contribution in [2.24, 2.45) is 0 Å². The minimum atomic E-state index is -3.84. The molecule has 1 aromatic carbocycles. The van der Waals surface area contributed by atoms with E-state index in [1.165, 1.54) is 6.92 Å². The van der Waals surface area contributed by atoms with E-state index in [2.05, 4.69) is 5.32 Å². The van der Waals surface area contributed by atoms with Crippen LogP contribution in [0.3, 0.4) is 0 Å². The second-order valence-corrected chi connectivity index (χ2v) is 9.45. The Bertz CT molecular complexity index is 709. The van der Waals surface area contributed by atoms with Crippen LogP contribution in [0.5, 0.6) is 0 Å². The lowest BCUT2D eigenvalue weighted by atomic mass is 10.3. The Labute approximate surface area is 124 Å². The standard InChI is InChI=1S/C12H18N2O5S2/c1-9(21(18,19)8-7-20(2,16)17)12(15)14-11-5-3-10(13)4-6-11/h3-6,9H,7-8,13H2,1-2H3,(H,14,15). The number of nitrogens with one attached hydrogen (secondary N) is 1. The van der Waals surface area contributed by atoms with Gasteiger partial charge in [-0.05, 0) is 31.2 Å². The maximum Gasteiger partial charge on any atom is 0.242 e. The molecular weight excluding hydrogens is 316 g/mol. The van der Waals surface area contributed by atoms with Gasteiger partial charge in [0.25, 0.3) is 0 Å². The molecule has 0 radical (unpaired) electrons. The fraction of sp³-hybridized carbons (Fsp3) is 0.417. The van der Waals surface area contributed by atoms with Gasteiger partial charge in [-0.3, -0.25) is 4.79 Å². The van der Waals surface area contributed by atoms with Gasteiger partial charge in [-0.1, -0.05) is 0 Å². The summed E-state index contributed by atoms with van der Waals surface area (Å²) in [5.41, 5.74) is 6.43. The van der Waals surface area contributed by atoms with Crippen molar-refractivity contribution in [1.29, 1.82) is 0 Å². The summed E-state index contributed by atoms with van der Waals surface area (Å²) in [6, 6.07) is 6.23. The van der Waals surface area contributed by atoms with Crippen molar-refractivity contribution in [3.63, 3.8) is 0 Å². The lowest BCUT2D eigenvalue weighted by Gasteiger charge is -2.13. The number of carbonyl (C=O) groups excluding carboxylic acids is 1. The predicted octanol–water partition coefficient (Wildman–Crippen LogP) is 0.0552. The lowest BCUT2D eigenvalue weighted by molar-refractivity contribution is -0.115. The molecule has 1 unspecified atom stereocenters. The topological polar surface area (TPSA) is 123 Å². The van der Waals surface area contributed by atoms with E-state index in [4.69, 9.17) is 5.73 Å². The van der Waals surface area contributed by atoms with Crippen LogP contribution in [0.4, 0.5) is 11.4 Å². The number of nitrogens with two attached hydrogens (primary N) is 1. The second-order valence-electron chi connectivity index (χ2n) is 4.75. The second kappa shape index (κ2) is 6.44. The summed E-state index contributed by atoms with van der Waals surface area (Å²) in [6.45, 7) is 1.23. The molecule has 1 rings (SSSR count). The van der Waals surface area contributed by atoms with Crippen molar-refractivity contribution in [2.75, 3.05) is 28.8 Å². The number of amides is 1. The van der Waals surface area contributed by atoms with Crippen molar-refractivity contribution in [1.82, 2.24) is 0 Å². The van der Waals surface area contributed by atoms with Crippen molar-refractivity contribution in [3.05, 3.63) is 24.3 Å². The van der Waals surface area contributed by atoms with Crippen molar-refractivity contribution >= 4 is 37.0 Å². The van der Waals surface area contributed by atoms with Crippen LogP contribution in [0.25, 0.3) is 0 Å². The highest BCUT2D eigenvalue weighted by atomic mass is 32.2. The Morgan fingerprint density at radius 2 is 1.67 bits per heavy atom. The molecular formula is C12H18N2O5S2. The van der Waals surface area contributed by atoms with Crippen molar-refractivity contribution in [3.8, 4) is 0 Å². The highest BCUT2D eigenvalue weighted by molar-refractivity contribution is 7.95. The van der Waals surface area contributed by atoms with E-state index < -0.39 is 42.3 Å². The molecule has 0 heterocycles. The minimum Gasteiger partial charge on any atom is -0.399 e. The first kappa shape index (κ1) is 17.4. The van der Waals surface area contributed by atoms with Crippen LogP contribution in [-0.2, 0) is 24.5 Å². The Balaban J connectivity index is 2.75. The third-order valence-electron chi connectivity index (χ3n) is 2.82. The summed E-state index contributed by atoms with van der Waals surface area (Å²) < 4.78 is 45.9. The number of sulfone groups is 2. The van der Waals surface area contributed by atoms with Gasteiger partial charge in [0.2, 0.25) is 5.91 Å². The summed E-state index contributed by atoms with van der Waals surface area (Å²) in [5, 5.41) is 1.11. The highest BCUT2D eigenvalue weighted by Crippen LogP contribution is 2.12. The van der Waals surface area contributed by atoms with Gasteiger partial charge in [0.05, 0.1) is 11.5 Å². The molecule has 7 nitrogen and oxygen atoms in total. The molecule has 0 saturated heterocycles. The predicted molar refractivity (Wildman–Crippen MR) is 82.4 cm³/mol. The number of benzene rings is 1. The zero-order valence-corrected chi connectivity index (χ0v) is 13.4. The fourth-order valence-corrected chi connectivity index (χ4v) is 4.30. The number of carbonyl (C=O) groups is 1. The van der Waals surface area contributed by atoms with Gasteiger partial charge in [-0.2, -0.15) is 0 Å². The summed E-state index contributed by atoms with van der Waals surface area (Å²) in [4.78, 5) is 11.9. The van der Waals surface area contributed by atoms with Gasteiger partial charge >= 0.3 is 0 Å². The van der Waals surface area contributed by atoms with Gasteiger partial charge < -0.3 is 11.1 Å². The molecule has 21 heavy (non-hydrogen) atoms. The van der Waals surface area contributed by atoms with Gasteiger partial charge in [-0.15, -0.1) is 0 Å². The van der Waals surface area contributed by atoms with Gasteiger partial charge in [0.15, 0.2) is 9.84 Å². The third-order valence-corrected chi connectivity index (χ3v) is 6.09. The van der Waals surface area contributed by atoms with E-state index in [0.717, 1.165) is 6.26 Å².